The molecule has 17 heavy (non-hydrogen) atoms. The molecular weight excluding hydrogens is 218 g/mol. The average Bonchev–Trinajstić information content (AvgIpc) is 3.07. The van der Waals surface area contributed by atoms with E-state index in [1.165, 1.54) is 12.8 Å². The Bertz CT molecular complexity index is 268. The van der Waals surface area contributed by atoms with Gasteiger partial charge in [-0.1, -0.05) is 0 Å². The first-order chi connectivity index (χ1) is 8.20. The molecule has 2 rings (SSSR count). The number of rotatable bonds is 6. The third kappa shape index (κ3) is 3.66. The molecule has 1 saturated heterocycles. The number of hydrogen-bond donors (Lipinski definition) is 2. The average molecular weight is 241 g/mol. The summed E-state index contributed by atoms with van der Waals surface area (Å²) < 4.78 is 4.92. The Balaban J connectivity index is 1.67. The molecule has 1 heterocycles. The van der Waals surface area contributed by atoms with Gasteiger partial charge in [0.05, 0.1) is 6.04 Å². The number of carbonyl (C=O) groups excluding carboxylic acids is 1. The highest BCUT2D eigenvalue weighted by atomic mass is 16.5. The molecule has 98 valence electrons. The molecule has 5 heteroatoms. The number of amides is 1. The molecule has 0 aromatic heterocycles. The zero-order valence-corrected chi connectivity index (χ0v) is 10.5. The molecule has 1 saturated carbocycles. The van der Waals surface area contributed by atoms with Gasteiger partial charge in [0.1, 0.15) is 0 Å². The first-order valence-electron chi connectivity index (χ1n) is 6.49. The van der Waals surface area contributed by atoms with Crippen LogP contribution in [0.2, 0.25) is 0 Å². The Hall–Kier alpha value is -0.650. The molecule has 1 amide bonds. The van der Waals surface area contributed by atoms with Crippen LogP contribution in [0.3, 0.4) is 0 Å². The zero-order valence-electron chi connectivity index (χ0n) is 10.5. The molecule has 0 aromatic rings. The quantitative estimate of drug-likeness (QED) is 0.670. The van der Waals surface area contributed by atoms with Gasteiger partial charge in [-0.25, -0.2) is 0 Å². The predicted molar refractivity (Wildman–Crippen MR) is 65.6 cm³/mol. The van der Waals surface area contributed by atoms with E-state index in [1.807, 2.05) is 0 Å². The Morgan fingerprint density at radius 2 is 2.29 bits per heavy atom. The predicted octanol–water partition coefficient (Wildman–Crippen LogP) is -0.297. The summed E-state index contributed by atoms with van der Waals surface area (Å²) in [6.07, 6.45) is 4.29. The van der Waals surface area contributed by atoms with Crippen molar-refractivity contribution < 1.29 is 9.53 Å². The maximum Gasteiger partial charge on any atom is 0.237 e. The van der Waals surface area contributed by atoms with Crippen molar-refractivity contribution in [3.8, 4) is 0 Å². The van der Waals surface area contributed by atoms with E-state index >= 15 is 0 Å². The number of methoxy groups -OCH3 is 1. The number of nitrogens with two attached hydrogens (primary N) is 1. The summed E-state index contributed by atoms with van der Waals surface area (Å²) in [6, 6.07) is 0.640. The fraction of sp³-hybridized carbons (Fsp3) is 0.917. The van der Waals surface area contributed by atoms with E-state index in [-0.39, 0.29) is 11.9 Å². The van der Waals surface area contributed by atoms with Crippen LogP contribution in [0.1, 0.15) is 25.7 Å². The third-order valence-corrected chi connectivity index (χ3v) is 3.60. The van der Waals surface area contributed by atoms with Crippen LogP contribution in [0.5, 0.6) is 0 Å². The minimum Gasteiger partial charge on any atom is -0.385 e. The third-order valence-electron chi connectivity index (χ3n) is 3.60. The topological polar surface area (TPSA) is 67.6 Å². The number of nitrogens with one attached hydrogen (secondary N) is 1. The summed E-state index contributed by atoms with van der Waals surface area (Å²) in [5, 5.41) is 3.04. The van der Waals surface area contributed by atoms with Crippen LogP contribution >= 0.6 is 0 Å². The van der Waals surface area contributed by atoms with Crippen LogP contribution in [0.4, 0.5) is 0 Å². The van der Waals surface area contributed by atoms with E-state index in [4.69, 9.17) is 10.5 Å². The normalized spacial score (nSPS) is 27.1. The van der Waals surface area contributed by atoms with Crippen molar-refractivity contribution in [3.05, 3.63) is 0 Å². The van der Waals surface area contributed by atoms with Gasteiger partial charge in [-0.2, -0.15) is 0 Å². The highest BCUT2D eigenvalue weighted by Gasteiger charge is 2.35. The first-order valence-corrected chi connectivity index (χ1v) is 6.49. The van der Waals surface area contributed by atoms with Crippen molar-refractivity contribution in [2.45, 2.75) is 43.8 Å². The molecule has 3 N–H and O–H groups in total. The van der Waals surface area contributed by atoms with Crippen LogP contribution in [0.15, 0.2) is 0 Å². The van der Waals surface area contributed by atoms with Gasteiger partial charge in [-0.15, -0.1) is 0 Å². The van der Waals surface area contributed by atoms with Crippen molar-refractivity contribution in [2.75, 3.05) is 26.8 Å². The lowest BCUT2D eigenvalue weighted by atomic mass is 10.2. The maximum atomic E-state index is 11.8. The van der Waals surface area contributed by atoms with Crippen LogP contribution < -0.4 is 11.1 Å². The SMILES string of the molecule is COCCC(N)C(=O)NC1CCN(C2CC2)C1. The summed E-state index contributed by atoms with van der Waals surface area (Å²) in [4.78, 5) is 14.3. The number of likely N-dealkylation sites (tertiary alicyclic amines) is 1. The molecule has 2 atom stereocenters. The maximum absolute atomic E-state index is 11.8. The minimum atomic E-state index is -0.440. The lowest BCUT2D eigenvalue weighted by molar-refractivity contribution is -0.123. The van der Waals surface area contributed by atoms with E-state index in [2.05, 4.69) is 10.2 Å². The fourth-order valence-corrected chi connectivity index (χ4v) is 2.36. The number of ether oxygens (including phenoxy) is 1. The second kappa shape index (κ2) is 5.80. The van der Waals surface area contributed by atoms with Crippen molar-refractivity contribution in [3.63, 3.8) is 0 Å². The molecule has 0 spiro atoms. The first kappa shape index (κ1) is 12.8. The second-order valence-electron chi connectivity index (χ2n) is 5.11. The van der Waals surface area contributed by atoms with Crippen LogP contribution in [0, 0.1) is 0 Å². The molecule has 1 aliphatic carbocycles. The molecular formula is C12H23N3O2. The van der Waals surface area contributed by atoms with Gasteiger partial charge >= 0.3 is 0 Å². The summed E-state index contributed by atoms with van der Waals surface area (Å²) in [7, 11) is 1.62. The van der Waals surface area contributed by atoms with Crippen molar-refractivity contribution >= 4 is 5.91 Å². The summed E-state index contributed by atoms with van der Waals surface area (Å²) in [5.41, 5.74) is 5.78. The number of hydrogen-bond acceptors (Lipinski definition) is 4. The van der Waals surface area contributed by atoms with Crippen molar-refractivity contribution in [2.24, 2.45) is 5.73 Å². The van der Waals surface area contributed by atoms with Gasteiger partial charge in [0.15, 0.2) is 0 Å². The highest BCUT2D eigenvalue weighted by molar-refractivity contribution is 5.81. The summed E-state index contributed by atoms with van der Waals surface area (Å²) >= 11 is 0. The van der Waals surface area contributed by atoms with Gasteiger partial charge in [-0.3, -0.25) is 9.69 Å². The molecule has 0 aromatic carbocycles. The molecule has 2 fully saturated rings. The highest BCUT2D eigenvalue weighted by Crippen LogP contribution is 2.29. The zero-order chi connectivity index (χ0) is 12.3. The van der Waals surface area contributed by atoms with E-state index < -0.39 is 6.04 Å². The molecule has 2 aliphatic rings. The summed E-state index contributed by atoms with van der Waals surface area (Å²) in [5.74, 6) is -0.0373. The van der Waals surface area contributed by atoms with Gasteiger partial charge in [-0.05, 0) is 25.7 Å². The second-order valence-corrected chi connectivity index (χ2v) is 5.11. The monoisotopic (exact) mass is 241 g/mol. The minimum absolute atomic E-state index is 0.0373. The summed E-state index contributed by atoms with van der Waals surface area (Å²) in [6.45, 7) is 2.64. The lowest BCUT2D eigenvalue weighted by Gasteiger charge is -2.18. The van der Waals surface area contributed by atoms with Crippen LogP contribution in [0.25, 0.3) is 0 Å². The van der Waals surface area contributed by atoms with E-state index in [1.54, 1.807) is 7.11 Å². The molecule has 1 aliphatic heterocycles. The molecule has 2 unspecified atom stereocenters. The van der Waals surface area contributed by atoms with E-state index in [0.29, 0.717) is 13.0 Å². The Morgan fingerprint density at radius 3 is 2.94 bits per heavy atom. The molecule has 0 bridgehead atoms. The van der Waals surface area contributed by atoms with Crippen molar-refractivity contribution in [1.29, 1.82) is 0 Å². The largest absolute Gasteiger partial charge is 0.385 e. The Morgan fingerprint density at radius 1 is 1.53 bits per heavy atom. The fourth-order valence-electron chi connectivity index (χ4n) is 2.36. The van der Waals surface area contributed by atoms with Gasteiger partial charge in [0.25, 0.3) is 0 Å². The van der Waals surface area contributed by atoms with Gasteiger partial charge in [0.2, 0.25) is 5.91 Å². The van der Waals surface area contributed by atoms with Crippen LogP contribution in [-0.4, -0.2) is 55.7 Å². The van der Waals surface area contributed by atoms with Crippen molar-refractivity contribution in [1.82, 2.24) is 10.2 Å². The smallest absolute Gasteiger partial charge is 0.237 e. The van der Waals surface area contributed by atoms with E-state index in [0.717, 1.165) is 25.6 Å². The van der Waals surface area contributed by atoms with E-state index in [9.17, 15) is 4.79 Å². The standard InChI is InChI=1S/C12H23N3O2/c1-17-7-5-11(13)12(16)14-9-4-6-15(8-9)10-2-3-10/h9-11H,2-8,13H2,1H3,(H,14,16). The number of nitrogens with zero attached hydrogens (tertiary/aromatic N) is 1. The van der Waals surface area contributed by atoms with Gasteiger partial charge in [0, 0.05) is 38.9 Å². The lowest BCUT2D eigenvalue weighted by Crippen LogP contribution is -2.46. The number of carbonyl (C=O) groups is 1. The van der Waals surface area contributed by atoms with Crippen LogP contribution in [-0.2, 0) is 9.53 Å². The molecule has 0 radical (unpaired) electrons. The Labute approximate surface area is 103 Å². The Kier molecular flexibility index (Phi) is 4.36. The van der Waals surface area contributed by atoms with Gasteiger partial charge < -0.3 is 15.8 Å². The molecule has 5 nitrogen and oxygen atoms in total.